The minimum absolute atomic E-state index is 0.165. The van der Waals surface area contributed by atoms with E-state index in [1.54, 1.807) is 25.1 Å². The quantitative estimate of drug-likeness (QED) is 0.574. The zero-order valence-corrected chi connectivity index (χ0v) is 18.2. The minimum atomic E-state index is -3.53. The summed E-state index contributed by atoms with van der Waals surface area (Å²) in [6.45, 7) is 2.87. The van der Waals surface area contributed by atoms with Gasteiger partial charge in [-0.15, -0.1) is 0 Å². The summed E-state index contributed by atoms with van der Waals surface area (Å²) in [7, 11) is -3.53. The topological polar surface area (TPSA) is 92.5 Å². The smallest absolute Gasteiger partial charge is 0.257 e. The average molecular weight is 446 g/mol. The fraction of sp³-hybridized carbons (Fsp3) is 0.333. The third-order valence-electron chi connectivity index (χ3n) is 4.98. The van der Waals surface area contributed by atoms with E-state index in [4.69, 9.17) is 4.42 Å². The van der Waals surface area contributed by atoms with Crippen LogP contribution in [0.1, 0.15) is 26.2 Å². The number of rotatable bonds is 6. The number of carbonyl (C=O) groups is 1. The molecule has 0 aliphatic carbocycles. The van der Waals surface area contributed by atoms with Gasteiger partial charge in [-0.25, -0.2) is 13.4 Å². The molecular formula is C21H23N3O4S2. The molecule has 4 rings (SSSR count). The number of nitrogens with one attached hydrogen (secondary N) is 1. The molecular weight excluding hydrogens is 422 g/mol. The molecule has 1 amide bonds. The number of thioether (sulfide) groups is 1. The van der Waals surface area contributed by atoms with Crippen molar-refractivity contribution in [3.63, 3.8) is 0 Å². The summed E-state index contributed by atoms with van der Waals surface area (Å²) < 4.78 is 33.0. The van der Waals surface area contributed by atoms with Gasteiger partial charge in [0, 0.05) is 18.8 Å². The number of aromatic nitrogens is 1. The van der Waals surface area contributed by atoms with Crippen LogP contribution in [-0.2, 0) is 14.8 Å². The van der Waals surface area contributed by atoms with Crippen LogP contribution in [0.4, 0.5) is 5.69 Å². The lowest BCUT2D eigenvalue weighted by Crippen LogP contribution is -2.35. The van der Waals surface area contributed by atoms with Crippen molar-refractivity contribution in [2.75, 3.05) is 18.4 Å². The van der Waals surface area contributed by atoms with Crippen LogP contribution in [0.15, 0.2) is 63.1 Å². The van der Waals surface area contributed by atoms with Gasteiger partial charge in [0.15, 0.2) is 5.58 Å². The Balaban J connectivity index is 1.49. The first kappa shape index (κ1) is 20.9. The number of hydrogen-bond donors (Lipinski definition) is 1. The maximum atomic E-state index is 12.9. The second kappa shape index (κ2) is 8.79. The SMILES string of the molecule is C[C@H](Sc1nc2cc(S(=O)(=O)N3CCCCC3)ccc2o1)C(=O)Nc1ccccc1. The fourth-order valence-corrected chi connectivity index (χ4v) is 5.62. The average Bonchev–Trinajstić information content (AvgIpc) is 3.16. The summed E-state index contributed by atoms with van der Waals surface area (Å²) in [6.07, 6.45) is 2.83. The monoisotopic (exact) mass is 445 g/mol. The van der Waals surface area contributed by atoms with E-state index in [0.29, 0.717) is 29.4 Å². The highest BCUT2D eigenvalue weighted by Crippen LogP contribution is 2.30. The van der Waals surface area contributed by atoms with Crippen molar-refractivity contribution in [3.8, 4) is 0 Å². The first-order valence-corrected chi connectivity index (χ1v) is 12.2. The van der Waals surface area contributed by atoms with Crippen LogP contribution in [0, 0.1) is 0 Å². The zero-order valence-electron chi connectivity index (χ0n) is 16.6. The molecule has 1 N–H and O–H groups in total. The molecule has 1 saturated heterocycles. The van der Waals surface area contributed by atoms with E-state index in [0.717, 1.165) is 24.9 Å². The molecule has 0 radical (unpaired) electrons. The number of oxazole rings is 1. The van der Waals surface area contributed by atoms with Gasteiger partial charge in [0.05, 0.1) is 10.1 Å². The number of amides is 1. The standard InChI is InChI=1S/C21H23N3O4S2/c1-15(20(25)22-16-8-4-2-5-9-16)29-21-23-18-14-17(10-11-19(18)28-21)30(26,27)24-12-6-3-7-13-24/h2,4-5,8-11,14-15H,3,6-7,12-13H2,1H3,(H,22,25)/t15-/m0/s1. The lowest BCUT2D eigenvalue weighted by Gasteiger charge is -2.25. The molecule has 0 bridgehead atoms. The largest absolute Gasteiger partial charge is 0.431 e. The fourth-order valence-electron chi connectivity index (χ4n) is 3.32. The van der Waals surface area contributed by atoms with Gasteiger partial charge in [-0.05, 0) is 50.1 Å². The summed E-state index contributed by atoms with van der Waals surface area (Å²) in [6, 6.07) is 13.9. The first-order chi connectivity index (χ1) is 14.4. The highest BCUT2D eigenvalue weighted by molar-refractivity contribution is 8.00. The Morgan fingerprint density at radius 1 is 1.13 bits per heavy atom. The first-order valence-electron chi connectivity index (χ1n) is 9.87. The maximum absolute atomic E-state index is 12.9. The minimum Gasteiger partial charge on any atom is -0.431 e. The van der Waals surface area contributed by atoms with E-state index in [9.17, 15) is 13.2 Å². The van der Waals surface area contributed by atoms with Gasteiger partial charge in [0.1, 0.15) is 5.52 Å². The third-order valence-corrected chi connectivity index (χ3v) is 7.82. The van der Waals surface area contributed by atoms with Crippen LogP contribution < -0.4 is 5.32 Å². The van der Waals surface area contributed by atoms with Crippen LogP contribution in [0.5, 0.6) is 0 Å². The Bertz CT molecular complexity index is 1140. The molecule has 158 valence electrons. The van der Waals surface area contributed by atoms with Crippen molar-refractivity contribution < 1.29 is 17.6 Å². The molecule has 7 nitrogen and oxygen atoms in total. The van der Waals surface area contributed by atoms with Crippen molar-refractivity contribution in [3.05, 3.63) is 48.5 Å². The van der Waals surface area contributed by atoms with Crippen LogP contribution in [0.25, 0.3) is 11.1 Å². The summed E-state index contributed by atoms with van der Waals surface area (Å²) >= 11 is 1.19. The van der Waals surface area contributed by atoms with Crippen LogP contribution in [0.3, 0.4) is 0 Å². The van der Waals surface area contributed by atoms with E-state index < -0.39 is 15.3 Å². The van der Waals surface area contributed by atoms with Gasteiger partial charge < -0.3 is 9.73 Å². The van der Waals surface area contributed by atoms with Gasteiger partial charge in [0.25, 0.3) is 5.22 Å². The molecule has 3 aromatic rings. The predicted octanol–water partition coefficient (Wildman–Crippen LogP) is 4.12. The molecule has 1 aliphatic heterocycles. The molecule has 1 aliphatic rings. The summed E-state index contributed by atoms with van der Waals surface area (Å²) in [5.41, 5.74) is 1.68. The molecule has 2 aromatic carbocycles. The molecule has 0 spiro atoms. The number of fused-ring (bicyclic) bond motifs is 1. The Morgan fingerprint density at radius 2 is 1.87 bits per heavy atom. The number of sulfonamides is 1. The molecule has 0 saturated carbocycles. The van der Waals surface area contributed by atoms with Crippen molar-refractivity contribution in [1.82, 2.24) is 9.29 Å². The van der Waals surface area contributed by atoms with Crippen LogP contribution in [-0.4, -0.2) is 42.0 Å². The Kier molecular flexibility index (Phi) is 6.12. The van der Waals surface area contributed by atoms with E-state index in [1.165, 1.54) is 16.1 Å². The Labute approximate surface area is 179 Å². The number of hydrogen-bond acceptors (Lipinski definition) is 6. The molecule has 0 unspecified atom stereocenters. The lowest BCUT2D eigenvalue weighted by molar-refractivity contribution is -0.115. The normalized spacial score (nSPS) is 16.4. The molecule has 1 aromatic heterocycles. The van der Waals surface area contributed by atoms with Gasteiger partial charge in [-0.2, -0.15) is 4.31 Å². The molecule has 1 atom stereocenters. The number of benzene rings is 2. The Morgan fingerprint density at radius 3 is 2.60 bits per heavy atom. The third kappa shape index (κ3) is 4.53. The predicted molar refractivity (Wildman–Crippen MR) is 117 cm³/mol. The number of nitrogens with zero attached hydrogens (tertiary/aromatic N) is 2. The van der Waals surface area contributed by atoms with Crippen molar-refractivity contribution in [2.45, 2.75) is 41.6 Å². The van der Waals surface area contributed by atoms with Crippen molar-refractivity contribution in [2.24, 2.45) is 0 Å². The van der Waals surface area contributed by atoms with Gasteiger partial charge in [-0.3, -0.25) is 4.79 Å². The van der Waals surface area contributed by atoms with Gasteiger partial charge in [-0.1, -0.05) is 36.4 Å². The van der Waals surface area contributed by atoms with E-state index >= 15 is 0 Å². The highest BCUT2D eigenvalue weighted by Gasteiger charge is 2.27. The van der Waals surface area contributed by atoms with Crippen LogP contribution in [0.2, 0.25) is 0 Å². The molecule has 9 heteroatoms. The van der Waals surface area contributed by atoms with Crippen molar-refractivity contribution >= 4 is 44.5 Å². The van der Waals surface area contributed by atoms with E-state index in [2.05, 4.69) is 10.3 Å². The molecule has 30 heavy (non-hydrogen) atoms. The maximum Gasteiger partial charge on any atom is 0.257 e. The summed E-state index contributed by atoms with van der Waals surface area (Å²) in [5.74, 6) is -0.165. The summed E-state index contributed by atoms with van der Waals surface area (Å²) in [5, 5.41) is 2.74. The number of carbonyl (C=O) groups excluding carboxylic acids is 1. The number of para-hydroxylation sites is 1. The van der Waals surface area contributed by atoms with Crippen molar-refractivity contribution in [1.29, 1.82) is 0 Å². The van der Waals surface area contributed by atoms with E-state index in [1.807, 2.05) is 30.3 Å². The number of piperidine rings is 1. The second-order valence-electron chi connectivity index (χ2n) is 7.19. The lowest BCUT2D eigenvalue weighted by atomic mass is 10.2. The van der Waals surface area contributed by atoms with E-state index in [-0.39, 0.29) is 10.8 Å². The molecule has 2 heterocycles. The van der Waals surface area contributed by atoms with Gasteiger partial charge >= 0.3 is 0 Å². The number of anilines is 1. The zero-order chi connectivity index (χ0) is 21.1. The van der Waals surface area contributed by atoms with Crippen LogP contribution >= 0.6 is 11.8 Å². The Hall–Kier alpha value is -2.36. The summed E-state index contributed by atoms with van der Waals surface area (Å²) in [4.78, 5) is 17.0. The second-order valence-corrected chi connectivity index (χ2v) is 10.4. The highest BCUT2D eigenvalue weighted by atomic mass is 32.2. The van der Waals surface area contributed by atoms with Gasteiger partial charge in [0.2, 0.25) is 15.9 Å². The molecule has 1 fully saturated rings.